The molecule has 8 heteroatoms. The molecule has 0 aromatic heterocycles. The van der Waals surface area contributed by atoms with E-state index in [1.807, 2.05) is 48.5 Å². The van der Waals surface area contributed by atoms with Crippen LogP contribution in [0.1, 0.15) is 26.3 Å². The first kappa shape index (κ1) is 23.1. The minimum absolute atomic E-state index is 0.107. The molecule has 0 saturated carbocycles. The van der Waals surface area contributed by atoms with Gasteiger partial charge in [0.1, 0.15) is 12.2 Å². The molecule has 0 bridgehead atoms. The summed E-state index contributed by atoms with van der Waals surface area (Å²) in [4.78, 5) is 39.4. The molecule has 1 aliphatic rings. The lowest BCUT2D eigenvalue weighted by atomic mass is 10.0. The van der Waals surface area contributed by atoms with Crippen LogP contribution in [0.2, 0.25) is 0 Å². The van der Waals surface area contributed by atoms with E-state index in [9.17, 15) is 14.4 Å². The number of hydrogen-bond acceptors (Lipinski definition) is 5. The van der Waals surface area contributed by atoms with E-state index in [0.717, 1.165) is 5.56 Å². The largest absolute Gasteiger partial charge is 0.445 e. The number of likely N-dealkylation sites (tertiary alicyclic amines) is 1. The Morgan fingerprint density at radius 2 is 1.59 bits per heavy atom. The first-order valence-corrected chi connectivity index (χ1v) is 10.5. The molecule has 0 aliphatic carbocycles. The lowest BCUT2D eigenvalue weighted by Gasteiger charge is -2.24. The molecule has 1 saturated heterocycles. The van der Waals surface area contributed by atoms with Gasteiger partial charge in [-0.15, -0.1) is 0 Å². The molecular weight excluding hydrogens is 410 g/mol. The number of para-hydroxylation sites is 1. The second-order valence-electron chi connectivity index (χ2n) is 8.66. The van der Waals surface area contributed by atoms with Crippen LogP contribution in [0.25, 0.3) is 0 Å². The van der Waals surface area contributed by atoms with E-state index in [-0.39, 0.29) is 25.6 Å². The maximum Gasteiger partial charge on any atom is 0.410 e. The van der Waals surface area contributed by atoms with Crippen molar-refractivity contribution in [3.05, 3.63) is 66.2 Å². The first-order valence-electron chi connectivity index (χ1n) is 10.5. The van der Waals surface area contributed by atoms with E-state index in [1.165, 1.54) is 4.90 Å². The van der Waals surface area contributed by atoms with Gasteiger partial charge in [-0.25, -0.2) is 9.59 Å². The summed E-state index contributed by atoms with van der Waals surface area (Å²) in [6, 6.07) is 17.7. The van der Waals surface area contributed by atoms with Crippen LogP contribution < -0.4 is 10.6 Å². The number of amides is 3. The number of rotatable bonds is 5. The van der Waals surface area contributed by atoms with Crippen LogP contribution in [0.15, 0.2) is 60.7 Å². The Bertz CT molecular complexity index is 928. The molecule has 2 aromatic carbocycles. The third-order valence-corrected chi connectivity index (χ3v) is 4.87. The molecule has 0 radical (unpaired) electrons. The standard InChI is InChI=1S/C24H29N3O5/c1-24(2,3)32-23(30)27-14-19(21(28)25-18-12-8-5-9-13-18)20(15-27)26-22(29)31-16-17-10-6-4-7-11-17/h4-13,19-20H,14-16H2,1-3H3,(H,25,28)(H,26,29)/t19-,20-/m0/s1. The van der Waals surface area contributed by atoms with Crippen LogP contribution in [0.5, 0.6) is 0 Å². The van der Waals surface area contributed by atoms with Crippen molar-refractivity contribution < 1.29 is 23.9 Å². The Morgan fingerprint density at radius 3 is 2.22 bits per heavy atom. The summed E-state index contributed by atoms with van der Waals surface area (Å²) in [6.07, 6.45) is -1.18. The predicted octanol–water partition coefficient (Wildman–Crippen LogP) is 3.79. The summed E-state index contributed by atoms with van der Waals surface area (Å²) < 4.78 is 10.7. The highest BCUT2D eigenvalue weighted by atomic mass is 16.6. The topological polar surface area (TPSA) is 97.0 Å². The van der Waals surface area contributed by atoms with Gasteiger partial charge in [-0.05, 0) is 38.5 Å². The lowest BCUT2D eigenvalue weighted by molar-refractivity contribution is -0.119. The molecule has 8 nitrogen and oxygen atoms in total. The van der Waals surface area contributed by atoms with Gasteiger partial charge in [-0.2, -0.15) is 0 Å². The molecule has 2 N–H and O–H groups in total. The second kappa shape index (κ2) is 10.2. The molecule has 1 fully saturated rings. The number of anilines is 1. The predicted molar refractivity (Wildman–Crippen MR) is 120 cm³/mol. The van der Waals surface area contributed by atoms with E-state index >= 15 is 0 Å². The van der Waals surface area contributed by atoms with Crippen LogP contribution in [0.3, 0.4) is 0 Å². The molecular formula is C24H29N3O5. The monoisotopic (exact) mass is 439 g/mol. The van der Waals surface area contributed by atoms with E-state index in [4.69, 9.17) is 9.47 Å². The SMILES string of the molecule is CC(C)(C)OC(=O)N1C[C@H](NC(=O)OCc2ccccc2)[C@@H](C(=O)Nc2ccccc2)C1. The van der Waals surface area contributed by atoms with Crippen molar-refractivity contribution in [3.63, 3.8) is 0 Å². The number of carbonyl (C=O) groups is 3. The van der Waals surface area contributed by atoms with Gasteiger partial charge in [0.15, 0.2) is 0 Å². The molecule has 3 rings (SSSR count). The third-order valence-electron chi connectivity index (χ3n) is 4.87. The van der Waals surface area contributed by atoms with Gasteiger partial charge >= 0.3 is 12.2 Å². The molecule has 32 heavy (non-hydrogen) atoms. The Hall–Kier alpha value is -3.55. The zero-order valence-corrected chi connectivity index (χ0v) is 18.5. The second-order valence-corrected chi connectivity index (χ2v) is 8.66. The number of nitrogens with zero attached hydrogens (tertiary/aromatic N) is 1. The Balaban J connectivity index is 1.66. The quantitative estimate of drug-likeness (QED) is 0.739. The van der Waals surface area contributed by atoms with Crippen molar-refractivity contribution >= 4 is 23.8 Å². The van der Waals surface area contributed by atoms with Gasteiger partial charge in [-0.1, -0.05) is 48.5 Å². The molecule has 3 amide bonds. The zero-order chi connectivity index (χ0) is 23.1. The summed E-state index contributed by atoms with van der Waals surface area (Å²) in [6.45, 7) is 5.70. The van der Waals surface area contributed by atoms with Crippen LogP contribution in [0.4, 0.5) is 15.3 Å². The first-order chi connectivity index (χ1) is 15.2. The van der Waals surface area contributed by atoms with Gasteiger partial charge < -0.3 is 25.0 Å². The number of hydrogen-bond donors (Lipinski definition) is 2. The summed E-state index contributed by atoms with van der Waals surface area (Å²) in [7, 11) is 0. The van der Waals surface area contributed by atoms with E-state index in [0.29, 0.717) is 5.69 Å². The normalized spacial score (nSPS) is 18.0. The van der Waals surface area contributed by atoms with Crippen molar-refractivity contribution in [3.8, 4) is 0 Å². The number of ether oxygens (including phenoxy) is 2. The number of nitrogens with one attached hydrogen (secondary N) is 2. The smallest absolute Gasteiger partial charge is 0.410 e. The average molecular weight is 440 g/mol. The maximum atomic E-state index is 13.0. The highest BCUT2D eigenvalue weighted by Crippen LogP contribution is 2.22. The Kier molecular flexibility index (Phi) is 7.35. The van der Waals surface area contributed by atoms with Crippen LogP contribution in [-0.2, 0) is 20.9 Å². The summed E-state index contributed by atoms with van der Waals surface area (Å²) >= 11 is 0. The van der Waals surface area contributed by atoms with Gasteiger partial charge in [0.05, 0.1) is 12.0 Å². The molecule has 0 spiro atoms. The number of benzene rings is 2. The van der Waals surface area contributed by atoms with Crippen molar-refractivity contribution in [1.29, 1.82) is 0 Å². The number of carbonyl (C=O) groups excluding carboxylic acids is 3. The van der Waals surface area contributed by atoms with Gasteiger partial charge in [0.2, 0.25) is 5.91 Å². The maximum absolute atomic E-state index is 13.0. The molecule has 0 unspecified atom stereocenters. The van der Waals surface area contributed by atoms with Crippen molar-refractivity contribution in [2.75, 3.05) is 18.4 Å². The Labute approximate surface area is 187 Å². The summed E-state index contributed by atoms with van der Waals surface area (Å²) in [5.41, 5.74) is 0.820. The summed E-state index contributed by atoms with van der Waals surface area (Å²) in [5, 5.41) is 5.58. The number of alkyl carbamates (subject to hydrolysis) is 1. The van der Waals surface area contributed by atoms with Crippen molar-refractivity contribution in [2.24, 2.45) is 5.92 Å². The summed E-state index contributed by atoms with van der Waals surface area (Å²) in [5.74, 6) is -0.956. The third kappa shape index (κ3) is 6.73. The van der Waals surface area contributed by atoms with Crippen molar-refractivity contribution in [2.45, 2.75) is 39.0 Å². The van der Waals surface area contributed by atoms with E-state index < -0.39 is 29.7 Å². The average Bonchev–Trinajstić information content (AvgIpc) is 3.17. The fourth-order valence-corrected chi connectivity index (χ4v) is 3.36. The lowest BCUT2D eigenvalue weighted by Crippen LogP contribution is -2.44. The minimum atomic E-state index is -0.668. The van der Waals surface area contributed by atoms with Crippen molar-refractivity contribution in [1.82, 2.24) is 10.2 Å². The highest BCUT2D eigenvalue weighted by Gasteiger charge is 2.42. The molecule has 2 atom stereocenters. The van der Waals surface area contributed by atoms with Crippen LogP contribution >= 0.6 is 0 Å². The van der Waals surface area contributed by atoms with Gasteiger partial charge in [0.25, 0.3) is 0 Å². The fourth-order valence-electron chi connectivity index (χ4n) is 3.36. The Morgan fingerprint density at radius 1 is 0.969 bits per heavy atom. The highest BCUT2D eigenvalue weighted by molar-refractivity contribution is 5.94. The van der Waals surface area contributed by atoms with Gasteiger partial charge in [-0.3, -0.25) is 4.79 Å². The van der Waals surface area contributed by atoms with E-state index in [2.05, 4.69) is 10.6 Å². The molecule has 1 aliphatic heterocycles. The van der Waals surface area contributed by atoms with Crippen LogP contribution in [-0.4, -0.2) is 47.7 Å². The molecule has 170 valence electrons. The minimum Gasteiger partial charge on any atom is -0.445 e. The molecule has 2 aromatic rings. The molecule has 1 heterocycles. The van der Waals surface area contributed by atoms with Gasteiger partial charge in [0, 0.05) is 18.8 Å². The fraction of sp³-hybridized carbons (Fsp3) is 0.375. The zero-order valence-electron chi connectivity index (χ0n) is 18.5. The van der Waals surface area contributed by atoms with E-state index in [1.54, 1.807) is 32.9 Å². The van der Waals surface area contributed by atoms with Crippen LogP contribution in [0, 0.1) is 5.92 Å².